The second-order valence-electron chi connectivity index (χ2n) is 8.21. The Morgan fingerprint density at radius 3 is 2.08 bits per heavy atom. The molecule has 37 heavy (non-hydrogen) atoms. The van der Waals surface area contributed by atoms with Crippen LogP contribution in [0.5, 0.6) is 0 Å². The molecule has 2 aromatic rings. The van der Waals surface area contributed by atoms with Crippen molar-refractivity contribution in [2.24, 2.45) is 0 Å². The molecule has 1 aromatic carbocycles. The van der Waals surface area contributed by atoms with Gasteiger partial charge in [0.1, 0.15) is 0 Å². The van der Waals surface area contributed by atoms with Crippen LogP contribution >= 0.6 is 12.2 Å². The minimum absolute atomic E-state index is 0.100. The number of rotatable bonds is 7. The topological polar surface area (TPSA) is 24.9 Å². The normalized spacial score (nSPS) is 14.6. The number of aryl methyl sites for hydroxylation is 1. The summed E-state index contributed by atoms with van der Waals surface area (Å²) in [7, 11) is 0. The van der Waals surface area contributed by atoms with E-state index < -0.39 is 0 Å². The lowest BCUT2D eigenvalue weighted by molar-refractivity contribution is 0.619. The highest BCUT2D eigenvalue weighted by atomic mass is 32.1. The summed E-state index contributed by atoms with van der Waals surface area (Å²) in [5.74, 6) is 0.936. The van der Waals surface area contributed by atoms with Gasteiger partial charge in [-0.25, -0.2) is 0 Å². The Kier molecular flexibility index (Phi) is 18.2. The molecule has 1 saturated carbocycles. The lowest BCUT2D eigenvalue weighted by Crippen LogP contribution is -2.38. The van der Waals surface area contributed by atoms with E-state index in [0.29, 0.717) is 0 Å². The minimum Gasteiger partial charge on any atom is -0.372 e. The smallest absolute Gasteiger partial charge is 0.0726 e. The van der Waals surface area contributed by atoms with Crippen molar-refractivity contribution in [3.8, 4) is 0 Å². The van der Waals surface area contributed by atoms with Gasteiger partial charge in [-0.05, 0) is 78.5 Å². The van der Waals surface area contributed by atoms with Crippen molar-refractivity contribution in [1.82, 2.24) is 10.3 Å². The van der Waals surface area contributed by atoms with Crippen molar-refractivity contribution in [1.29, 1.82) is 0 Å². The quantitative estimate of drug-likeness (QED) is 0.290. The number of thiocarbonyl (C=S) groups is 1. The molecule has 1 N–H and O–H groups in total. The third kappa shape index (κ3) is 10.8. The number of hydrogen-bond acceptors (Lipinski definition) is 2. The molecule has 0 spiro atoms. The SMILES string of the molecule is C=CC(c1ccc(C2CC2)cc1)C(NC(C)=S)C1=CC(c2cncc(C)c2)=CC1.CC.CC.CC.CC. The molecular formula is C34H52N2S. The Morgan fingerprint density at radius 2 is 1.59 bits per heavy atom. The largest absolute Gasteiger partial charge is 0.372 e. The molecular weight excluding hydrogens is 468 g/mol. The molecule has 0 radical (unpaired) electrons. The zero-order chi connectivity index (χ0) is 28.4. The summed E-state index contributed by atoms with van der Waals surface area (Å²) >= 11 is 5.43. The zero-order valence-electron chi connectivity index (χ0n) is 25.2. The van der Waals surface area contributed by atoms with Gasteiger partial charge < -0.3 is 5.32 Å². The Labute approximate surface area is 234 Å². The number of allylic oxidation sites excluding steroid dienone is 3. The number of nitrogens with zero attached hydrogens (tertiary/aromatic N) is 1. The number of hydrogen-bond donors (Lipinski definition) is 1. The van der Waals surface area contributed by atoms with Crippen molar-refractivity contribution in [2.45, 2.75) is 106 Å². The van der Waals surface area contributed by atoms with Crippen molar-refractivity contribution >= 4 is 22.8 Å². The maximum absolute atomic E-state index is 5.43. The molecule has 2 atom stereocenters. The molecule has 1 heterocycles. The molecule has 0 bridgehead atoms. The zero-order valence-corrected chi connectivity index (χ0v) is 26.0. The van der Waals surface area contributed by atoms with E-state index in [9.17, 15) is 0 Å². The number of nitrogens with one attached hydrogen (secondary N) is 1. The van der Waals surface area contributed by atoms with Crippen molar-refractivity contribution in [3.05, 3.63) is 95.4 Å². The van der Waals surface area contributed by atoms with Crippen LogP contribution in [0, 0.1) is 6.92 Å². The summed E-state index contributed by atoms with van der Waals surface area (Å²) in [6.45, 7) is 24.2. The molecule has 204 valence electrons. The first kappa shape index (κ1) is 34.5. The molecule has 2 unspecified atom stereocenters. The average Bonchev–Trinajstić information content (AvgIpc) is 3.69. The van der Waals surface area contributed by atoms with Crippen LogP contribution < -0.4 is 5.32 Å². The second kappa shape index (κ2) is 19.6. The summed E-state index contributed by atoms with van der Waals surface area (Å²) in [5.41, 5.74) is 7.66. The Bertz CT molecular complexity index is 981. The Hall–Kier alpha value is -2.52. The van der Waals surface area contributed by atoms with E-state index in [-0.39, 0.29) is 12.0 Å². The molecule has 0 aliphatic heterocycles. The van der Waals surface area contributed by atoms with Crippen LogP contribution in [-0.2, 0) is 0 Å². The van der Waals surface area contributed by atoms with E-state index in [1.54, 1.807) is 0 Å². The van der Waals surface area contributed by atoms with Gasteiger partial charge in [0, 0.05) is 18.3 Å². The molecule has 0 amide bonds. The van der Waals surface area contributed by atoms with Crippen LogP contribution in [0.25, 0.3) is 5.57 Å². The van der Waals surface area contributed by atoms with E-state index in [1.165, 1.54) is 46.2 Å². The third-order valence-electron chi connectivity index (χ3n) is 5.85. The fourth-order valence-electron chi connectivity index (χ4n) is 4.18. The minimum atomic E-state index is 0.100. The highest BCUT2D eigenvalue weighted by molar-refractivity contribution is 7.80. The van der Waals surface area contributed by atoms with E-state index in [2.05, 4.69) is 72.4 Å². The lowest BCUT2D eigenvalue weighted by atomic mass is 9.85. The molecule has 4 rings (SSSR count). The van der Waals surface area contributed by atoms with Gasteiger partial charge in [0.15, 0.2) is 0 Å². The van der Waals surface area contributed by atoms with Gasteiger partial charge in [0.2, 0.25) is 0 Å². The fraction of sp³-hybridized carbons (Fsp3) is 0.471. The first-order valence-corrected chi connectivity index (χ1v) is 14.8. The Morgan fingerprint density at radius 1 is 1.00 bits per heavy atom. The van der Waals surface area contributed by atoms with Gasteiger partial charge >= 0.3 is 0 Å². The average molecular weight is 521 g/mol. The summed E-state index contributed by atoms with van der Waals surface area (Å²) in [6, 6.07) is 11.4. The third-order valence-corrected chi connectivity index (χ3v) is 5.97. The first-order valence-electron chi connectivity index (χ1n) is 14.4. The van der Waals surface area contributed by atoms with Crippen LogP contribution in [0.1, 0.15) is 116 Å². The van der Waals surface area contributed by atoms with Gasteiger partial charge in [-0.15, -0.1) is 6.58 Å². The van der Waals surface area contributed by atoms with E-state index in [0.717, 1.165) is 17.3 Å². The first-order chi connectivity index (χ1) is 18.0. The van der Waals surface area contributed by atoms with Crippen molar-refractivity contribution in [2.75, 3.05) is 0 Å². The predicted octanol–water partition coefficient (Wildman–Crippen LogP) is 10.4. The monoisotopic (exact) mass is 520 g/mol. The summed E-state index contributed by atoms with van der Waals surface area (Å²) in [6.07, 6.45) is 14.0. The van der Waals surface area contributed by atoms with Gasteiger partial charge in [0.05, 0.1) is 11.0 Å². The molecule has 0 saturated heterocycles. The second-order valence-corrected chi connectivity index (χ2v) is 8.83. The highest BCUT2D eigenvalue weighted by Crippen LogP contribution is 2.41. The number of pyridine rings is 1. The molecule has 1 aromatic heterocycles. The van der Waals surface area contributed by atoms with Gasteiger partial charge in [-0.1, -0.05) is 110 Å². The predicted molar refractivity (Wildman–Crippen MR) is 172 cm³/mol. The molecule has 2 nitrogen and oxygen atoms in total. The maximum Gasteiger partial charge on any atom is 0.0726 e. The maximum atomic E-state index is 5.43. The summed E-state index contributed by atoms with van der Waals surface area (Å²) < 4.78 is 0. The molecule has 1 fully saturated rings. The summed E-state index contributed by atoms with van der Waals surface area (Å²) in [4.78, 5) is 5.16. The van der Waals surface area contributed by atoms with Gasteiger partial charge in [-0.3, -0.25) is 4.98 Å². The van der Waals surface area contributed by atoms with Crippen molar-refractivity contribution < 1.29 is 0 Å². The fourth-order valence-corrected chi connectivity index (χ4v) is 4.31. The van der Waals surface area contributed by atoms with Crippen LogP contribution in [0.3, 0.4) is 0 Å². The standard InChI is InChI=1S/C26H28N2S.4C2H6/c1-4-25(21-9-7-20(8-10-21)19-5-6-19)26(28-18(3)29)23-12-11-22(14-23)24-13-17(2)15-27-16-24;4*1-2/h4,7-11,13-16,19,25-26H,1,5-6,12H2,2-3H3,(H,28,29);4*1-2H3. The summed E-state index contributed by atoms with van der Waals surface area (Å²) in [5, 5.41) is 3.55. The molecule has 3 heteroatoms. The van der Waals surface area contributed by atoms with Crippen LogP contribution in [0.4, 0.5) is 0 Å². The van der Waals surface area contributed by atoms with Crippen molar-refractivity contribution in [3.63, 3.8) is 0 Å². The van der Waals surface area contributed by atoms with Gasteiger partial charge in [-0.2, -0.15) is 0 Å². The number of benzene rings is 1. The van der Waals surface area contributed by atoms with Crippen LogP contribution in [0.2, 0.25) is 0 Å². The van der Waals surface area contributed by atoms with Crippen LogP contribution in [-0.4, -0.2) is 16.0 Å². The Balaban J connectivity index is 0.00000148. The highest BCUT2D eigenvalue weighted by Gasteiger charge is 2.28. The lowest BCUT2D eigenvalue weighted by Gasteiger charge is -2.28. The number of aromatic nitrogens is 1. The van der Waals surface area contributed by atoms with Gasteiger partial charge in [0.25, 0.3) is 0 Å². The van der Waals surface area contributed by atoms with Crippen LogP contribution in [0.15, 0.2) is 73.1 Å². The van der Waals surface area contributed by atoms with E-state index in [1.807, 2.05) is 74.7 Å². The molecule has 2 aliphatic rings. The van der Waals surface area contributed by atoms with E-state index in [4.69, 9.17) is 12.2 Å². The van der Waals surface area contributed by atoms with E-state index >= 15 is 0 Å². The molecule has 2 aliphatic carbocycles.